The third-order valence-electron chi connectivity index (χ3n) is 2.41. The minimum absolute atomic E-state index is 0.341. The van der Waals surface area contributed by atoms with Crippen LogP contribution in [-0.2, 0) is 11.0 Å². The molecule has 0 aliphatic heterocycles. The smallest absolute Gasteiger partial charge is 0.161 e. The van der Waals surface area contributed by atoms with Crippen LogP contribution in [0.2, 0.25) is 0 Å². The molecule has 0 amide bonds. The summed E-state index contributed by atoms with van der Waals surface area (Å²) in [6.45, 7) is 0. The Morgan fingerprint density at radius 1 is 1.07 bits per heavy atom. The molecule has 0 radical (unpaired) electrons. The second kappa shape index (κ2) is 4.52. The fourth-order valence-corrected chi connectivity index (χ4v) is 2.07. The first kappa shape index (κ1) is 10.3. The van der Waals surface area contributed by atoms with Gasteiger partial charge in [0.05, 0.1) is 0 Å². The van der Waals surface area contributed by atoms with Crippen LogP contribution < -0.4 is 0 Å². The van der Waals surface area contributed by atoms with Crippen molar-refractivity contribution in [3.05, 3.63) is 48.0 Å². The summed E-state index contributed by atoms with van der Waals surface area (Å²) >= 11 is 0. The van der Waals surface area contributed by atoms with Crippen LogP contribution in [0.25, 0.3) is 10.8 Å². The third-order valence-corrected chi connectivity index (χ3v) is 3.01. The summed E-state index contributed by atoms with van der Waals surface area (Å²) < 4.78 is 10.6. The fraction of sp³-hybridized carbons (Fsp3) is 0.167. The van der Waals surface area contributed by atoms with Crippen LogP contribution in [0.5, 0.6) is 0 Å². The molecule has 1 unspecified atom stereocenters. The highest BCUT2D eigenvalue weighted by molar-refractivity contribution is 7.37. The van der Waals surface area contributed by atoms with Gasteiger partial charge in [0.2, 0.25) is 0 Å². The van der Waals surface area contributed by atoms with E-state index < -0.39 is 8.03 Å². The van der Waals surface area contributed by atoms with Gasteiger partial charge in [0, 0.05) is 6.42 Å². The van der Waals surface area contributed by atoms with Gasteiger partial charge < -0.3 is 0 Å². The molecule has 0 saturated heterocycles. The molecular weight excluding hydrogens is 207 g/mol. The van der Waals surface area contributed by atoms with Crippen molar-refractivity contribution in [2.45, 2.75) is 6.42 Å². The van der Waals surface area contributed by atoms with Gasteiger partial charge in [-0.1, -0.05) is 42.5 Å². The highest BCUT2D eigenvalue weighted by atomic mass is 31.1. The van der Waals surface area contributed by atoms with Crippen LogP contribution in [0.4, 0.5) is 0 Å². The number of fused-ring (bicyclic) bond motifs is 1. The second-order valence-corrected chi connectivity index (χ2v) is 4.66. The van der Waals surface area contributed by atoms with E-state index in [2.05, 4.69) is 24.3 Å². The van der Waals surface area contributed by atoms with Gasteiger partial charge >= 0.3 is 8.03 Å². The van der Waals surface area contributed by atoms with E-state index in [1.165, 1.54) is 10.8 Å². The van der Waals surface area contributed by atoms with Gasteiger partial charge in [0.25, 0.3) is 0 Å². The molecule has 2 aromatic rings. The van der Waals surface area contributed by atoms with Gasteiger partial charge in [0.1, 0.15) is 0 Å². The van der Waals surface area contributed by atoms with Crippen molar-refractivity contribution in [2.75, 3.05) is 6.16 Å². The minimum Gasteiger partial charge on any atom is -0.161 e. The van der Waals surface area contributed by atoms with Gasteiger partial charge in [0.15, 0.2) is 6.16 Å². The molecule has 15 heavy (non-hydrogen) atoms. The third kappa shape index (κ3) is 2.62. The van der Waals surface area contributed by atoms with E-state index in [-0.39, 0.29) is 0 Å². The molecular formula is C12H12O2P+. The summed E-state index contributed by atoms with van der Waals surface area (Å²) in [5.74, 6) is 0. The Morgan fingerprint density at radius 3 is 2.53 bits per heavy atom. The first-order chi connectivity index (χ1) is 7.25. The molecule has 76 valence electrons. The molecule has 0 saturated carbocycles. The first-order valence-corrected chi connectivity index (χ1v) is 6.27. The zero-order chi connectivity index (χ0) is 10.7. The van der Waals surface area contributed by atoms with Crippen molar-refractivity contribution in [1.82, 2.24) is 0 Å². The Morgan fingerprint density at radius 2 is 1.80 bits per heavy atom. The van der Waals surface area contributed by atoms with Crippen LogP contribution in [0, 0.1) is 0 Å². The summed E-state index contributed by atoms with van der Waals surface area (Å²) in [4.78, 5) is 8.74. The number of benzene rings is 2. The molecule has 1 N–H and O–H groups in total. The number of hydrogen-bond donors (Lipinski definition) is 1. The van der Waals surface area contributed by atoms with Crippen LogP contribution in [0.3, 0.4) is 0 Å². The van der Waals surface area contributed by atoms with Crippen LogP contribution in [-0.4, -0.2) is 11.1 Å². The monoisotopic (exact) mass is 219 g/mol. The lowest BCUT2D eigenvalue weighted by atomic mass is 10.1. The zero-order valence-corrected chi connectivity index (χ0v) is 9.15. The van der Waals surface area contributed by atoms with Crippen molar-refractivity contribution in [2.24, 2.45) is 0 Å². The van der Waals surface area contributed by atoms with Crippen molar-refractivity contribution in [3.63, 3.8) is 0 Å². The van der Waals surface area contributed by atoms with Gasteiger partial charge in [-0.05, 0) is 20.9 Å². The van der Waals surface area contributed by atoms with Crippen LogP contribution in [0.15, 0.2) is 42.5 Å². The molecule has 0 heterocycles. The summed E-state index contributed by atoms with van der Waals surface area (Å²) in [6.07, 6.45) is 1.00. The molecule has 1 atom stereocenters. The Labute approximate surface area is 89.4 Å². The fourth-order valence-electron chi connectivity index (χ4n) is 1.62. The van der Waals surface area contributed by atoms with Gasteiger partial charge in [-0.2, -0.15) is 4.89 Å². The quantitative estimate of drug-likeness (QED) is 0.805. The summed E-state index contributed by atoms with van der Waals surface area (Å²) in [6, 6.07) is 14.3. The largest absolute Gasteiger partial charge is 0.505 e. The molecule has 3 heteroatoms. The lowest BCUT2D eigenvalue weighted by molar-refractivity contribution is 0.502. The summed E-state index contributed by atoms with van der Waals surface area (Å²) in [7, 11) is -2.02. The lowest BCUT2D eigenvalue weighted by Crippen LogP contribution is -1.87. The SMILES string of the molecule is O=[P+](O)CCc1ccc2ccccc2c1. The number of hydrogen-bond acceptors (Lipinski definition) is 1. The average molecular weight is 219 g/mol. The molecule has 0 aliphatic carbocycles. The molecule has 2 nitrogen and oxygen atoms in total. The normalized spacial score (nSPS) is 11.7. The molecule has 2 aromatic carbocycles. The Kier molecular flexibility index (Phi) is 3.10. The molecule has 2 rings (SSSR count). The van der Waals surface area contributed by atoms with Gasteiger partial charge in [-0.15, -0.1) is 0 Å². The van der Waals surface area contributed by atoms with E-state index in [4.69, 9.17) is 4.89 Å². The van der Waals surface area contributed by atoms with Crippen molar-refractivity contribution < 1.29 is 9.46 Å². The number of rotatable bonds is 3. The molecule has 0 fully saturated rings. The van der Waals surface area contributed by atoms with Crippen molar-refractivity contribution in [3.8, 4) is 0 Å². The first-order valence-electron chi connectivity index (χ1n) is 4.87. The van der Waals surface area contributed by atoms with Crippen molar-refractivity contribution >= 4 is 18.8 Å². The van der Waals surface area contributed by atoms with E-state index in [1.807, 2.05) is 18.2 Å². The Hall–Kier alpha value is -1.24. The predicted octanol–water partition coefficient (Wildman–Crippen LogP) is 3.12. The average Bonchev–Trinajstić information content (AvgIpc) is 2.26. The minimum atomic E-state index is -2.02. The highest BCUT2D eigenvalue weighted by Gasteiger charge is 2.09. The lowest BCUT2D eigenvalue weighted by Gasteiger charge is -2.00. The van der Waals surface area contributed by atoms with E-state index in [9.17, 15) is 4.57 Å². The van der Waals surface area contributed by atoms with Gasteiger partial charge in [-0.3, -0.25) is 0 Å². The van der Waals surface area contributed by atoms with E-state index >= 15 is 0 Å². The van der Waals surface area contributed by atoms with E-state index in [0.29, 0.717) is 12.6 Å². The van der Waals surface area contributed by atoms with Crippen LogP contribution >= 0.6 is 8.03 Å². The summed E-state index contributed by atoms with van der Waals surface area (Å²) in [5.41, 5.74) is 1.12. The Balaban J connectivity index is 2.26. The standard InChI is InChI=1S/C12H11O2P/c13-15(14)8-7-10-5-6-11-3-1-2-4-12(11)9-10/h1-6,9H,7-8H2/p+1. The highest BCUT2D eigenvalue weighted by Crippen LogP contribution is 2.19. The molecule has 0 spiro atoms. The maximum atomic E-state index is 10.6. The maximum absolute atomic E-state index is 10.6. The molecule has 0 aromatic heterocycles. The number of aryl methyl sites for hydroxylation is 1. The van der Waals surface area contributed by atoms with Gasteiger partial charge in [-0.25, -0.2) is 0 Å². The second-order valence-electron chi connectivity index (χ2n) is 3.51. The van der Waals surface area contributed by atoms with Crippen LogP contribution in [0.1, 0.15) is 5.56 Å². The molecule has 0 bridgehead atoms. The molecule has 0 aliphatic rings. The Bertz CT molecular complexity index is 494. The predicted molar refractivity (Wildman–Crippen MR) is 62.3 cm³/mol. The van der Waals surface area contributed by atoms with Crippen molar-refractivity contribution in [1.29, 1.82) is 0 Å². The van der Waals surface area contributed by atoms with E-state index in [1.54, 1.807) is 0 Å². The summed E-state index contributed by atoms with van der Waals surface area (Å²) in [5, 5.41) is 2.39. The topological polar surface area (TPSA) is 37.3 Å². The van der Waals surface area contributed by atoms with E-state index in [0.717, 1.165) is 5.56 Å². The zero-order valence-electron chi connectivity index (χ0n) is 8.26. The maximum Gasteiger partial charge on any atom is 0.505 e.